The summed E-state index contributed by atoms with van der Waals surface area (Å²) in [6.07, 6.45) is 3.31. The van der Waals surface area contributed by atoms with E-state index in [0.29, 0.717) is 66.0 Å². The summed E-state index contributed by atoms with van der Waals surface area (Å²) < 4.78 is 16.0. The number of carbonyl (C=O) groups excluding carboxylic acids is 1. The Morgan fingerprint density at radius 2 is 1.81 bits per heavy atom. The highest BCUT2D eigenvalue weighted by Gasteiger charge is 2.23. The average Bonchev–Trinajstić information content (AvgIpc) is 3.40. The van der Waals surface area contributed by atoms with Crippen molar-refractivity contribution in [2.45, 2.75) is 25.4 Å². The standard InChI is InChI=1S/C19H27N5O4.C4H4O4/c1-24(8-5-7-21-18(25)14-6-4-9-28-14)19-22-13-11-16(27-3)15(26-2)10-12(13)17(20)23-19;5-3(6)1-2-4(7)8/h10-11,14H,4-9H2,1-3H3,(H,21,25)(H2,20,22,23);1-2H,(H,5,6)(H,7,8)/b;2-1-. The summed E-state index contributed by atoms with van der Waals surface area (Å²) in [6.45, 7) is 1.90. The van der Waals surface area contributed by atoms with Crippen molar-refractivity contribution >= 4 is 40.5 Å². The first-order valence-corrected chi connectivity index (χ1v) is 11.1. The molecule has 0 saturated carbocycles. The number of hydrogen-bond donors (Lipinski definition) is 4. The van der Waals surface area contributed by atoms with Crippen molar-refractivity contribution in [1.82, 2.24) is 15.3 Å². The highest BCUT2D eigenvalue weighted by atomic mass is 16.5. The second-order valence-electron chi connectivity index (χ2n) is 7.71. The monoisotopic (exact) mass is 505 g/mol. The van der Waals surface area contributed by atoms with Crippen LogP contribution in [0.2, 0.25) is 0 Å². The Morgan fingerprint density at radius 1 is 1.17 bits per heavy atom. The van der Waals surface area contributed by atoms with E-state index in [1.54, 1.807) is 26.4 Å². The number of anilines is 2. The number of nitrogen functional groups attached to an aromatic ring is 1. The molecule has 1 aliphatic rings. The van der Waals surface area contributed by atoms with Gasteiger partial charge in [0.1, 0.15) is 11.9 Å². The Labute approximate surface area is 207 Å². The maximum absolute atomic E-state index is 12.0. The Balaban J connectivity index is 0.000000493. The van der Waals surface area contributed by atoms with E-state index in [-0.39, 0.29) is 12.0 Å². The molecule has 1 aromatic carbocycles. The lowest BCUT2D eigenvalue weighted by atomic mass is 10.2. The molecule has 1 amide bonds. The first-order chi connectivity index (χ1) is 17.2. The number of nitrogens with one attached hydrogen (secondary N) is 1. The molecule has 3 rings (SSSR count). The number of aliphatic carboxylic acids is 2. The van der Waals surface area contributed by atoms with Gasteiger partial charge in [-0.25, -0.2) is 14.6 Å². The fourth-order valence-electron chi connectivity index (χ4n) is 3.31. The van der Waals surface area contributed by atoms with Gasteiger partial charge < -0.3 is 40.4 Å². The number of carbonyl (C=O) groups is 3. The van der Waals surface area contributed by atoms with Crippen LogP contribution < -0.4 is 25.4 Å². The molecule has 36 heavy (non-hydrogen) atoms. The highest BCUT2D eigenvalue weighted by molar-refractivity contribution is 5.92. The predicted octanol–water partition coefficient (Wildman–Crippen LogP) is 1.06. The minimum atomic E-state index is -1.26. The molecular weight excluding hydrogens is 474 g/mol. The predicted molar refractivity (Wildman–Crippen MR) is 131 cm³/mol. The second kappa shape index (κ2) is 13.7. The third-order valence-electron chi connectivity index (χ3n) is 5.12. The number of nitrogens with zero attached hydrogens (tertiary/aromatic N) is 3. The van der Waals surface area contributed by atoms with Crippen LogP contribution in [-0.4, -0.2) is 85.1 Å². The van der Waals surface area contributed by atoms with E-state index in [1.807, 2.05) is 11.9 Å². The Morgan fingerprint density at radius 3 is 2.36 bits per heavy atom. The van der Waals surface area contributed by atoms with E-state index in [9.17, 15) is 14.4 Å². The molecule has 1 atom stereocenters. The van der Waals surface area contributed by atoms with Gasteiger partial charge in [0.05, 0.1) is 19.7 Å². The van der Waals surface area contributed by atoms with Gasteiger partial charge in [-0.15, -0.1) is 0 Å². The zero-order valence-electron chi connectivity index (χ0n) is 20.4. The van der Waals surface area contributed by atoms with E-state index >= 15 is 0 Å². The quantitative estimate of drug-likeness (QED) is 0.266. The SMILES string of the molecule is COc1cc2nc(N(C)CCCNC(=O)C3CCCO3)nc(N)c2cc1OC.O=C(O)/C=C\C(=O)O. The van der Waals surface area contributed by atoms with Crippen LogP contribution in [0.15, 0.2) is 24.3 Å². The zero-order chi connectivity index (χ0) is 26.7. The summed E-state index contributed by atoms with van der Waals surface area (Å²) in [7, 11) is 5.04. The summed E-state index contributed by atoms with van der Waals surface area (Å²) in [5.41, 5.74) is 6.81. The molecule has 0 bridgehead atoms. The normalized spacial score (nSPS) is 14.7. The molecule has 0 aliphatic carbocycles. The number of rotatable bonds is 10. The molecule has 2 heterocycles. The number of hydrogen-bond acceptors (Lipinski definition) is 10. The minimum Gasteiger partial charge on any atom is -0.493 e. The highest BCUT2D eigenvalue weighted by Crippen LogP contribution is 2.33. The van der Waals surface area contributed by atoms with Crippen LogP contribution >= 0.6 is 0 Å². The summed E-state index contributed by atoms with van der Waals surface area (Å²) in [6, 6.07) is 3.55. The molecule has 1 saturated heterocycles. The number of ether oxygens (including phenoxy) is 3. The van der Waals surface area contributed by atoms with E-state index < -0.39 is 11.9 Å². The summed E-state index contributed by atoms with van der Waals surface area (Å²) in [4.78, 5) is 42.0. The number of carboxylic acids is 2. The molecule has 1 aromatic heterocycles. The molecule has 0 spiro atoms. The molecule has 13 nitrogen and oxygen atoms in total. The van der Waals surface area contributed by atoms with Crippen molar-refractivity contribution in [2.24, 2.45) is 0 Å². The molecular formula is C23H31N5O8. The largest absolute Gasteiger partial charge is 0.493 e. The third kappa shape index (κ3) is 8.27. The molecule has 1 aliphatic heterocycles. The Hall–Kier alpha value is -4.13. The van der Waals surface area contributed by atoms with Gasteiger partial charge in [0.25, 0.3) is 0 Å². The van der Waals surface area contributed by atoms with Crippen LogP contribution in [0.5, 0.6) is 11.5 Å². The third-order valence-corrected chi connectivity index (χ3v) is 5.12. The lowest BCUT2D eigenvalue weighted by Crippen LogP contribution is -2.36. The Bertz CT molecular complexity index is 1090. The molecule has 1 fully saturated rings. The fourth-order valence-corrected chi connectivity index (χ4v) is 3.31. The van der Waals surface area contributed by atoms with Gasteiger partial charge in [-0.2, -0.15) is 4.98 Å². The molecule has 0 radical (unpaired) electrons. The summed E-state index contributed by atoms with van der Waals surface area (Å²) >= 11 is 0. The van der Waals surface area contributed by atoms with Gasteiger partial charge in [-0.05, 0) is 25.3 Å². The van der Waals surface area contributed by atoms with Crippen molar-refractivity contribution in [3.63, 3.8) is 0 Å². The van der Waals surface area contributed by atoms with Crippen molar-refractivity contribution < 1.29 is 38.8 Å². The van der Waals surface area contributed by atoms with Gasteiger partial charge in [-0.1, -0.05) is 0 Å². The number of amides is 1. The van der Waals surface area contributed by atoms with Crippen molar-refractivity contribution in [3.05, 3.63) is 24.3 Å². The first-order valence-electron chi connectivity index (χ1n) is 11.1. The van der Waals surface area contributed by atoms with Gasteiger partial charge in [-0.3, -0.25) is 4.79 Å². The number of fused-ring (bicyclic) bond motifs is 1. The lowest BCUT2D eigenvalue weighted by molar-refractivity contribution is -0.134. The smallest absolute Gasteiger partial charge is 0.328 e. The lowest BCUT2D eigenvalue weighted by Gasteiger charge is -2.19. The van der Waals surface area contributed by atoms with Crippen LogP contribution in [0.25, 0.3) is 10.9 Å². The molecule has 5 N–H and O–H groups in total. The number of carboxylic acid groups (broad SMARTS) is 2. The average molecular weight is 506 g/mol. The molecule has 1 unspecified atom stereocenters. The zero-order valence-corrected chi connectivity index (χ0v) is 20.4. The van der Waals surface area contributed by atoms with Gasteiger partial charge in [0.15, 0.2) is 11.5 Å². The summed E-state index contributed by atoms with van der Waals surface area (Å²) in [5, 5.41) is 19.2. The number of nitrogens with two attached hydrogens (primary N) is 1. The van der Waals surface area contributed by atoms with E-state index in [1.165, 1.54) is 0 Å². The van der Waals surface area contributed by atoms with Crippen molar-refractivity contribution in [1.29, 1.82) is 0 Å². The van der Waals surface area contributed by atoms with E-state index in [4.69, 9.17) is 30.2 Å². The van der Waals surface area contributed by atoms with Gasteiger partial charge in [0.2, 0.25) is 11.9 Å². The van der Waals surface area contributed by atoms with E-state index in [0.717, 1.165) is 19.3 Å². The van der Waals surface area contributed by atoms with Crippen LogP contribution in [0.3, 0.4) is 0 Å². The topological polar surface area (TPSA) is 186 Å². The minimum absolute atomic E-state index is 0.0348. The second-order valence-corrected chi connectivity index (χ2v) is 7.71. The van der Waals surface area contributed by atoms with Crippen LogP contribution in [-0.2, 0) is 19.1 Å². The maximum atomic E-state index is 12.0. The van der Waals surface area contributed by atoms with Crippen LogP contribution in [0.4, 0.5) is 11.8 Å². The number of methoxy groups -OCH3 is 2. The summed E-state index contributed by atoms with van der Waals surface area (Å²) in [5.74, 6) is -0.499. The Kier molecular flexibility index (Phi) is 10.7. The van der Waals surface area contributed by atoms with Gasteiger partial charge in [0, 0.05) is 50.3 Å². The van der Waals surface area contributed by atoms with Gasteiger partial charge >= 0.3 is 11.9 Å². The van der Waals surface area contributed by atoms with Crippen LogP contribution in [0, 0.1) is 0 Å². The van der Waals surface area contributed by atoms with Crippen LogP contribution in [0.1, 0.15) is 19.3 Å². The van der Waals surface area contributed by atoms with Crippen molar-refractivity contribution in [3.8, 4) is 11.5 Å². The first kappa shape index (κ1) is 28.1. The van der Waals surface area contributed by atoms with E-state index in [2.05, 4.69) is 15.3 Å². The fraction of sp³-hybridized carbons (Fsp3) is 0.435. The van der Waals surface area contributed by atoms with Crippen molar-refractivity contribution in [2.75, 3.05) is 51.6 Å². The number of benzene rings is 1. The molecule has 13 heteroatoms. The molecule has 196 valence electrons. The maximum Gasteiger partial charge on any atom is 0.328 e. The molecule has 2 aromatic rings. The number of aromatic nitrogens is 2.